The van der Waals surface area contributed by atoms with Gasteiger partial charge in [-0.2, -0.15) is 0 Å². The molecule has 1 aromatic heterocycles. The van der Waals surface area contributed by atoms with Crippen LogP contribution in [0.2, 0.25) is 0 Å². The molecule has 0 radical (unpaired) electrons. The number of hydrogen-bond acceptors (Lipinski definition) is 6. The predicted octanol–water partition coefficient (Wildman–Crippen LogP) is 3.75. The third-order valence-electron chi connectivity index (χ3n) is 6.00. The number of ether oxygens (including phenoxy) is 2. The highest BCUT2D eigenvalue weighted by Crippen LogP contribution is 2.33. The number of hydrogen-bond donors (Lipinski definition) is 1. The Hall–Kier alpha value is -1.47. The molecule has 3 fully saturated rings. The minimum Gasteiger partial charge on any atom is -0.491 e. The zero-order chi connectivity index (χ0) is 19.6. The Morgan fingerprint density at radius 1 is 1.18 bits per heavy atom. The molecule has 28 heavy (non-hydrogen) atoms. The number of nitrogens with one attached hydrogen (secondary N) is 1. The Morgan fingerprint density at radius 3 is 2.57 bits per heavy atom. The molecule has 152 valence electrons. The Bertz CT molecular complexity index is 766. The molecule has 2 bridgehead atoms. The Kier molecular flexibility index (Phi) is 6.01. The molecule has 0 aliphatic carbocycles. The van der Waals surface area contributed by atoms with Crippen molar-refractivity contribution >= 4 is 11.3 Å². The lowest BCUT2D eigenvalue weighted by Gasteiger charge is -2.47. The average Bonchev–Trinajstić information content (AvgIpc) is 3.21. The SMILES string of the molecule is COCCOc1ccc(-c2nc(C(C)(C)NC3CN4CCC3CC4)cs2)cc1. The second-order valence-corrected chi connectivity index (χ2v) is 9.28. The lowest BCUT2D eigenvalue weighted by molar-refractivity contribution is 0.0580. The highest BCUT2D eigenvalue weighted by atomic mass is 32.1. The van der Waals surface area contributed by atoms with Crippen LogP contribution >= 0.6 is 11.3 Å². The van der Waals surface area contributed by atoms with Gasteiger partial charge in [0.15, 0.2) is 0 Å². The Morgan fingerprint density at radius 2 is 1.93 bits per heavy atom. The monoisotopic (exact) mass is 401 g/mol. The Labute approximate surface area is 172 Å². The van der Waals surface area contributed by atoms with Gasteiger partial charge >= 0.3 is 0 Å². The van der Waals surface area contributed by atoms with Crippen LogP contribution in [-0.4, -0.2) is 55.9 Å². The standard InChI is InChI=1S/C22H31N3O2S/c1-22(2,24-19-14-25-10-8-16(19)9-11-25)20-15-28-21(23-20)17-4-6-18(7-5-17)27-13-12-26-3/h4-7,15-16,19,24H,8-14H2,1-3H3. The lowest BCUT2D eigenvalue weighted by Crippen LogP contribution is -2.59. The van der Waals surface area contributed by atoms with Crippen LogP contribution in [0.5, 0.6) is 5.75 Å². The third kappa shape index (κ3) is 4.40. The van der Waals surface area contributed by atoms with Crippen molar-refractivity contribution in [3.05, 3.63) is 35.3 Å². The lowest BCUT2D eigenvalue weighted by atomic mass is 9.82. The van der Waals surface area contributed by atoms with Gasteiger partial charge in [-0.05, 0) is 70.0 Å². The van der Waals surface area contributed by atoms with Gasteiger partial charge < -0.3 is 19.7 Å². The molecule has 1 atom stereocenters. The number of fused-ring (bicyclic) bond motifs is 3. The first kappa shape index (κ1) is 19.8. The summed E-state index contributed by atoms with van der Waals surface area (Å²) in [6.07, 6.45) is 2.66. The fourth-order valence-corrected chi connectivity index (χ4v) is 5.29. The number of rotatable bonds is 8. The van der Waals surface area contributed by atoms with Crippen LogP contribution < -0.4 is 10.1 Å². The number of benzene rings is 1. The van der Waals surface area contributed by atoms with E-state index in [0.29, 0.717) is 19.3 Å². The minimum atomic E-state index is -0.124. The van der Waals surface area contributed by atoms with Gasteiger partial charge in [0, 0.05) is 30.6 Å². The highest BCUT2D eigenvalue weighted by Gasteiger charge is 2.37. The highest BCUT2D eigenvalue weighted by molar-refractivity contribution is 7.13. The van der Waals surface area contributed by atoms with E-state index in [1.165, 1.54) is 32.5 Å². The van der Waals surface area contributed by atoms with Crippen molar-refractivity contribution in [1.29, 1.82) is 0 Å². The fraction of sp³-hybridized carbons (Fsp3) is 0.591. The van der Waals surface area contributed by atoms with E-state index < -0.39 is 0 Å². The molecule has 1 N–H and O–H groups in total. The quantitative estimate of drug-likeness (QED) is 0.683. The Balaban J connectivity index is 1.41. The van der Waals surface area contributed by atoms with E-state index >= 15 is 0 Å². The molecule has 5 nitrogen and oxygen atoms in total. The number of methoxy groups -OCH3 is 1. The van der Waals surface area contributed by atoms with Crippen LogP contribution in [0.1, 0.15) is 32.4 Å². The van der Waals surface area contributed by atoms with Gasteiger partial charge in [-0.1, -0.05) is 0 Å². The smallest absolute Gasteiger partial charge is 0.123 e. The molecule has 3 saturated heterocycles. The van der Waals surface area contributed by atoms with E-state index in [-0.39, 0.29) is 5.54 Å². The van der Waals surface area contributed by atoms with E-state index in [9.17, 15) is 0 Å². The molecular formula is C22H31N3O2S. The molecule has 3 aliphatic rings. The van der Waals surface area contributed by atoms with Crippen LogP contribution in [0, 0.1) is 5.92 Å². The maximum atomic E-state index is 5.65. The molecule has 4 heterocycles. The van der Waals surface area contributed by atoms with Crippen molar-refractivity contribution in [2.75, 3.05) is 40.0 Å². The van der Waals surface area contributed by atoms with Crippen molar-refractivity contribution in [3.63, 3.8) is 0 Å². The van der Waals surface area contributed by atoms with E-state index in [0.717, 1.165) is 27.9 Å². The van der Waals surface area contributed by atoms with Crippen LogP contribution in [0.4, 0.5) is 0 Å². The molecule has 1 aromatic carbocycles. The number of aromatic nitrogens is 1. The van der Waals surface area contributed by atoms with Crippen LogP contribution in [0.25, 0.3) is 10.6 Å². The number of nitrogens with zero attached hydrogens (tertiary/aromatic N) is 2. The summed E-state index contributed by atoms with van der Waals surface area (Å²) >= 11 is 1.71. The fourth-order valence-electron chi connectivity index (χ4n) is 4.30. The first-order chi connectivity index (χ1) is 13.5. The topological polar surface area (TPSA) is 46.6 Å². The summed E-state index contributed by atoms with van der Waals surface area (Å²) in [5.41, 5.74) is 2.14. The second-order valence-electron chi connectivity index (χ2n) is 8.42. The first-order valence-electron chi connectivity index (χ1n) is 10.2. The maximum Gasteiger partial charge on any atom is 0.123 e. The largest absolute Gasteiger partial charge is 0.491 e. The summed E-state index contributed by atoms with van der Waals surface area (Å²) in [6.45, 7) is 9.41. The van der Waals surface area contributed by atoms with Crippen molar-refractivity contribution in [3.8, 4) is 16.3 Å². The van der Waals surface area contributed by atoms with Gasteiger partial charge in [0.25, 0.3) is 0 Å². The van der Waals surface area contributed by atoms with Gasteiger partial charge in [-0.25, -0.2) is 4.98 Å². The molecular weight excluding hydrogens is 370 g/mol. The molecule has 5 rings (SSSR count). The number of thiazole rings is 1. The molecule has 1 unspecified atom stereocenters. The van der Waals surface area contributed by atoms with E-state index in [1.807, 2.05) is 12.1 Å². The van der Waals surface area contributed by atoms with Crippen molar-refractivity contribution in [1.82, 2.24) is 15.2 Å². The number of piperidine rings is 3. The van der Waals surface area contributed by atoms with Crippen LogP contribution in [0.15, 0.2) is 29.6 Å². The summed E-state index contributed by atoms with van der Waals surface area (Å²) in [5, 5.41) is 7.17. The molecule has 2 aromatic rings. The maximum absolute atomic E-state index is 5.65. The third-order valence-corrected chi connectivity index (χ3v) is 6.90. The minimum absolute atomic E-state index is 0.124. The van der Waals surface area contributed by atoms with Crippen molar-refractivity contribution < 1.29 is 9.47 Å². The zero-order valence-corrected chi connectivity index (χ0v) is 17.9. The van der Waals surface area contributed by atoms with Gasteiger partial charge in [0.05, 0.1) is 17.8 Å². The van der Waals surface area contributed by atoms with Gasteiger partial charge in [0.1, 0.15) is 17.4 Å². The van der Waals surface area contributed by atoms with Crippen molar-refractivity contribution in [2.24, 2.45) is 5.92 Å². The van der Waals surface area contributed by atoms with Gasteiger partial charge in [0.2, 0.25) is 0 Å². The summed E-state index contributed by atoms with van der Waals surface area (Å²) in [5.74, 6) is 1.68. The zero-order valence-electron chi connectivity index (χ0n) is 17.1. The van der Waals surface area contributed by atoms with Gasteiger partial charge in [-0.15, -0.1) is 11.3 Å². The molecule has 6 heteroatoms. The molecule has 0 amide bonds. The summed E-state index contributed by atoms with van der Waals surface area (Å²) in [7, 11) is 1.68. The normalized spacial score (nSPS) is 24.5. The summed E-state index contributed by atoms with van der Waals surface area (Å²) in [4.78, 5) is 7.56. The second kappa shape index (κ2) is 8.49. The molecule has 3 aliphatic heterocycles. The average molecular weight is 402 g/mol. The first-order valence-corrected chi connectivity index (χ1v) is 11.1. The van der Waals surface area contributed by atoms with Gasteiger partial charge in [-0.3, -0.25) is 0 Å². The predicted molar refractivity (Wildman–Crippen MR) is 114 cm³/mol. The van der Waals surface area contributed by atoms with E-state index in [4.69, 9.17) is 14.5 Å². The van der Waals surface area contributed by atoms with E-state index in [2.05, 4.69) is 41.6 Å². The van der Waals surface area contributed by atoms with Crippen LogP contribution in [0.3, 0.4) is 0 Å². The van der Waals surface area contributed by atoms with Crippen LogP contribution in [-0.2, 0) is 10.3 Å². The van der Waals surface area contributed by atoms with Crippen molar-refractivity contribution in [2.45, 2.75) is 38.3 Å². The summed E-state index contributed by atoms with van der Waals surface area (Å²) < 4.78 is 10.7. The molecule has 0 spiro atoms. The van der Waals surface area contributed by atoms with E-state index in [1.54, 1.807) is 18.4 Å². The summed E-state index contributed by atoms with van der Waals surface area (Å²) in [6, 6.07) is 8.74. The molecule has 0 saturated carbocycles.